The summed E-state index contributed by atoms with van der Waals surface area (Å²) in [6.07, 6.45) is 3.25. The van der Waals surface area contributed by atoms with Crippen molar-refractivity contribution in [3.63, 3.8) is 0 Å². The molecule has 1 aliphatic heterocycles. The molecule has 0 aromatic heterocycles. The van der Waals surface area contributed by atoms with Gasteiger partial charge in [-0.3, -0.25) is 4.79 Å². The molecule has 1 aliphatic rings. The molecule has 0 fully saturated rings. The van der Waals surface area contributed by atoms with Crippen LogP contribution in [-0.4, -0.2) is 33.9 Å². The molecule has 1 heterocycles. The van der Waals surface area contributed by atoms with Crippen LogP contribution in [0.5, 0.6) is 0 Å². The number of nitrogens with one attached hydrogen (secondary N) is 1. The third-order valence-electron chi connectivity index (χ3n) is 6.44. The summed E-state index contributed by atoms with van der Waals surface area (Å²) >= 11 is 25.5. The minimum atomic E-state index is -0.564. The van der Waals surface area contributed by atoms with Gasteiger partial charge in [-0.25, -0.2) is 0 Å². The van der Waals surface area contributed by atoms with Crippen molar-refractivity contribution in [1.29, 1.82) is 0 Å². The predicted molar refractivity (Wildman–Crippen MR) is 166 cm³/mol. The standard InChI is InChI=1S/C29H29Cl4N3O2.BrH/c1-19-3-5-21(6-4-19)16-34-29(37)20(2)35-13-14-36(18-35)28(33)27(22-7-10-24(30)11-8-22)38-17-23-9-12-25(31)15-26(23)32;/h3-15,20,27-28H,16-18H2,1-2H3,(H,34,37);1H. The Bertz CT molecular complexity index is 1270. The van der Waals surface area contributed by atoms with Crippen molar-refractivity contribution >= 4 is 69.3 Å². The number of hydrogen-bond donors (Lipinski definition) is 1. The summed E-state index contributed by atoms with van der Waals surface area (Å²) < 4.78 is 6.31. The van der Waals surface area contributed by atoms with Gasteiger partial charge in [0.15, 0.2) is 0 Å². The van der Waals surface area contributed by atoms with Crippen LogP contribution in [0.3, 0.4) is 0 Å². The smallest absolute Gasteiger partial charge is 0.242 e. The lowest BCUT2D eigenvalue weighted by Gasteiger charge is -2.33. The maximum absolute atomic E-state index is 12.9. The Morgan fingerprint density at radius 1 is 0.949 bits per heavy atom. The Hall–Kier alpha value is -1.93. The van der Waals surface area contributed by atoms with Crippen molar-refractivity contribution in [3.8, 4) is 0 Å². The molecule has 0 saturated heterocycles. The number of alkyl halides is 1. The quantitative estimate of drug-likeness (QED) is 0.175. The maximum Gasteiger partial charge on any atom is 0.242 e. The topological polar surface area (TPSA) is 44.8 Å². The van der Waals surface area contributed by atoms with Crippen molar-refractivity contribution in [2.75, 3.05) is 6.67 Å². The molecule has 39 heavy (non-hydrogen) atoms. The van der Waals surface area contributed by atoms with E-state index >= 15 is 0 Å². The summed E-state index contributed by atoms with van der Waals surface area (Å²) in [5.74, 6) is -0.0638. The average Bonchev–Trinajstić information content (AvgIpc) is 3.40. The average molecular weight is 674 g/mol. The van der Waals surface area contributed by atoms with E-state index in [4.69, 9.17) is 51.1 Å². The van der Waals surface area contributed by atoms with Crippen LogP contribution in [0, 0.1) is 6.92 Å². The van der Waals surface area contributed by atoms with E-state index in [1.165, 1.54) is 5.56 Å². The summed E-state index contributed by atoms with van der Waals surface area (Å²) in [7, 11) is 0. The lowest BCUT2D eigenvalue weighted by atomic mass is 10.1. The van der Waals surface area contributed by atoms with Crippen LogP contribution in [-0.2, 0) is 22.7 Å². The van der Waals surface area contributed by atoms with Gasteiger partial charge in [-0.2, -0.15) is 0 Å². The third-order valence-corrected chi connectivity index (χ3v) is 7.76. The number of carbonyl (C=O) groups excluding carboxylic acids is 1. The molecule has 208 valence electrons. The number of hydrogen-bond acceptors (Lipinski definition) is 4. The molecule has 3 aromatic rings. The molecule has 1 amide bonds. The highest BCUT2D eigenvalue weighted by atomic mass is 79.9. The SMILES string of the molecule is Br.Cc1ccc(CNC(=O)C(C)N2C=CN(C(Cl)C(OCc3ccc(Cl)cc3Cl)c3ccc(Cl)cc3)C2)cc1. The Kier molecular flexibility index (Phi) is 11.9. The van der Waals surface area contributed by atoms with Gasteiger partial charge < -0.3 is 19.9 Å². The molecule has 1 N–H and O–H groups in total. The van der Waals surface area contributed by atoms with Gasteiger partial charge in [0, 0.05) is 34.0 Å². The van der Waals surface area contributed by atoms with Crippen LogP contribution in [0.25, 0.3) is 0 Å². The van der Waals surface area contributed by atoms with E-state index in [9.17, 15) is 4.79 Å². The number of nitrogens with zero attached hydrogens (tertiary/aromatic N) is 2. The second kappa shape index (κ2) is 14.6. The Morgan fingerprint density at radius 3 is 2.26 bits per heavy atom. The Labute approximate surface area is 260 Å². The van der Waals surface area contributed by atoms with E-state index in [-0.39, 0.29) is 35.5 Å². The number of rotatable bonds is 10. The normalized spacial score (nSPS) is 15.0. The minimum Gasteiger partial charge on any atom is -0.365 e. The van der Waals surface area contributed by atoms with Gasteiger partial charge in [0.2, 0.25) is 5.91 Å². The zero-order valence-electron chi connectivity index (χ0n) is 21.5. The number of carbonyl (C=O) groups is 1. The van der Waals surface area contributed by atoms with Gasteiger partial charge in [-0.15, -0.1) is 17.0 Å². The second-order valence-electron chi connectivity index (χ2n) is 9.24. The minimum absolute atomic E-state index is 0. The highest BCUT2D eigenvalue weighted by Gasteiger charge is 2.32. The van der Waals surface area contributed by atoms with Gasteiger partial charge in [0.1, 0.15) is 17.6 Å². The molecule has 0 radical (unpaired) electrons. The molecule has 0 bridgehead atoms. The molecule has 0 spiro atoms. The number of amides is 1. The molecule has 3 aromatic carbocycles. The van der Waals surface area contributed by atoms with Crippen LogP contribution >= 0.6 is 63.4 Å². The van der Waals surface area contributed by atoms with Crippen LogP contribution in [0.1, 0.15) is 35.3 Å². The van der Waals surface area contributed by atoms with Crippen LogP contribution in [0.4, 0.5) is 0 Å². The summed E-state index contributed by atoms with van der Waals surface area (Å²) in [5.41, 5.74) is 3.35. The fourth-order valence-electron chi connectivity index (χ4n) is 4.04. The second-order valence-corrected chi connectivity index (χ2v) is 11.0. The lowest BCUT2D eigenvalue weighted by molar-refractivity contribution is -0.125. The van der Waals surface area contributed by atoms with Crippen LogP contribution in [0.2, 0.25) is 15.1 Å². The first-order chi connectivity index (χ1) is 18.2. The van der Waals surface area contributed by atoms with E-state index in [1.807, 2.05) is 78.5 Å². The van der Waals surface area contributed by atoms with Crippen molar-refractivity contribution in [2.45, 2.75) is 44.6 Å². The number of halogens is 5. The van der Waals surface area contributed by atoms with Crippen LogP contribution in [0.15, 0.2) is 79.1 Å². The van der Waals surface area contributed by atoms with E-state index in [0.717, 1.165) is 16.7 Å². The first kappa shape index (κ1) is 31.6. The molecule has 3 unspecified atom stereocenters. The molecule has 4 rings (SSSR count). The molecular formula is C29H30BrCl4N3O2. The van der Waals surface area contributed by atoms with E-state index in [0.29, 0.717) is 28.3 Å². The molecular weight excluding hydrogens is 644 g/mol. The largest absolute Gasteiger partial charge is 0.365 e. The third kappa shape index (κ3) is 8.53. The lowest BCUT2D eigenvalue weighted by Crippen LogP contribution is -2.45. The van der Waals surface area contributed by atoms with Gasteiger partial charge >= 0.3 is 0 Å². The molecule has 10 heteroatoms. The first-order valence-electron chi connectivity index (χ1n) is 12.2. The van der Waals surface area contributed by atoms with Crippen LogP contribution < -0.4 is 5.32 Å². The highest BCUT2D eigenvalue weighted by molar-refractivity contribution is 8.93. The van der Waals surface area contributed by atoms with E-state index < -0.39 is 11.6 Å². The monoisotopic (exact) mass is 671 g/mol. The van der Waals surface area contributed by atoms with Crippen molar-refractivity contribution < 1.29 is 9.53 Å². The molecule has 0 saturated carbocycles. The molecule has 3 atom stereocenters. The summed E-state index contributed by atoms with van der Waals surface area (Å²) in [4.78, 5) is 16.7. The van der Waals surface area contributed by atoms with Crippen molar-refractivity contribution in [2.24, 2.45) is 0 Å². The number of aryl methyl sites for hydroxylation is 1. The number of ether oxygens (including phenoxy) is 1. The zero-order chi connectivity index (χ0) is 27.2. The first-order valence-corrected chi connectivity index (χ1v) is 13.8. The Balaban J connectivity index is 0.00000420. The van der Waals surface area contributed by atoms with Gasteiger partial charge in [0.25, 0.3) is 0 Å². The maximum atomic E-state index is 12.9. The fraction of sp³-hybridized carbons (Fsp3) is 0.276. The Morgan fingerprint density at radius 2 is 1.59 bits per heavy atom. The van der Waals surface area contributed by atoms with Gasteiger partial charge in [-0.05, 0) is 54.8 Å². The van der Waals surface area contributed by atoms with E-state index in [1.54, 1.807) is 24.3 Å². The summed E-state index contributed by atoms with van der Waals surface area (Å²) in [6.45, 7) is 5.06. The van der Waals surface area contributed by atoms with Crippen molar-refractivity contribution in [1.82, 2.24) is 15.1 Å². The van der Waals surface area contributed by atoms with Crippen molar-refractivity contribution in [3.05, 3.63) is 116 Å². The molecule has 5 nitrogen and oxygen atoms in total. The van der Waals surface area contributed by atoms with E-state index in [2.05, 4.69) is 5.32 Å². The number of benzene rings is 3. The summed E-state index contributed by atoms with van der Waals surface area (Å²) in [5, 5.41) is 4.72. The highest BCUT2D eigenvalue weighted by Crippen LogP contribution is 2.33. The zero-order valence-corrected chi connectivity index (χ0v) is 26.2. The fourth-order valence-corrected chi connectivity index (χ4v) is 4.97. The molecule has 0 aliphatic carbocycles. The van der Waals surface area contributed by atoms with Gasteiger partial charge in [-0.1, -0.05) is 94.4 Å². The van der Waals surface area contributed by atoms with Gasteiger partial charge in [0.05, 0.1) is 13.3 Å². The predicted octanol–water partition coefficient (Wildman–Crippen LogP) is 8.11. The summed E-state index contributed by atoms with van der Waals surface area (Å²) in [6, 6.07) is 20.4.